The summed E-state index contributed by atoms with van der Waals surface area (Å²) >= 11 is 0. The molecule has 0 aromatic carbocycles. The van der Waals surface area contributed by atoms with Crippen molar-refractivity contribution in [2.75, 3.05) is 33.2 Å². The van der Waals surface area contributed by atoms with Crippen LogP contribution < -0.4 is 5.56 Å². The van der Waals surface area contributed by atoms with Crippen LogP contribution in [0.3, 0.4) is 0 Å². The van der Waals surface area contributed by atoms with Crippen LogP contribution in [0.2, 0.25) is 0 Å². The maximum absolute atomic E-state index is 12.3. The van der Waals surface area contributed by atoms with Crippen LogP contribution >= 0.6 is 0 Å². The first kappa shape index (κ1) is 12.8. The van der Waals surface area contributed by atoms with E-state index in [1.165, 1.54) is 0 Å². The number of likely N-dealkylation sites (N-methyl/N-ethyl adjacent to an activating group) is 1. The number of nitrogens with one attached hydrogen (secondary N) is 1. The van der Waals surface area contributed by atoms with Gasteiger partial charge in [-0.15, -0.1) is 0 Å². The Hall–Kier alpha value is -1.69. The minimum absolute atomic E-state index is 0.171. The molecule has 1 N–H and O–H groups in total. The zero-order valence-electron chi connectivity index (χ0n) is 11.0. The lowest BCUT2D eigenvalue weighted by atomic mass is 10.2. The van der Waals surface area contributed by atoms with Crippen molar-refractivity contribution in [3.8, 4) is 0 Å². The second kappa shape index (κ2) is 4.89. The molecule has 18 heavy (non-hydrogen) atoms. The molecule has 0 spiro atoms. The molecule has 2 rings (SSSR count). The van der Waals surface area contributed by atoms with E-state index in [0.717, 1.165) is 13.1 Å². The van der Waals surface area contributed by atoms with Crippen LogP contribution in [0.4, 0.5) is 0 Å². The molecule has 1 saturated heterocycles. The zero-order chi connectivity index (χ0) is 13.3. The van der Waals surface area contributed by atoms with E-state index in [9.17, 15) is 9.59 Å². The quantitative estimate of drug-likeness (QED) is 0.748. The summed E-state index contributed by atoms with van der Waals surface area (Å²) in [6, 6.07) is 0. The number of nitrogens with zero attached hydrogens (tertiary/aromatic N) is 3. The van der Waals surface area contributed by atoms with Gasteiger partial charge in [-0.25, -0.2) is 4.98 Å². The minimum Gasteiger partial charge on any atom is -0.336 e. The lowest BCUT2D eigenvalue weighted by Crippen LogP contribution is -2.48. The SMILES string of the molecule is Cc1nc(C)c(C(=O)N2CCN(C)CC2)c(=O)[nH]1. The second-order valence-corrected chi connectivity index (χ2v) is 4.71. The first-order chi connectivity index (χ1) is 8.49. The molecule has 0 saturated carbocycles. The molecule has 0 atom stereocenters. The highest BCUT2D eigenvalue weighted by atomic mass is 16.2. The molecule has 0 radical (unpaired) electrons. The van der Waals surface area contributed by atoms with Crippen molar-refractivity contribution < 1.29 is 4.79 Å². The van der Waals surface area contributed by atoms with Crippen LogP contribution in [0.1, 0.15) is 21.9 Å². The van der Waals surface area contributed by atoms with Crippen LogP contribution in [0.15, 0.2) is 4.79 Å². The maximum atomic E-state index is 12.3. The highest BCUT2D eigenvalue weighted by Crippen LogP contribution is 2.07. The van der Waals surface area contributed by atoms with Crippen molar-refractivity contribution in [3.05, 3.63) is 27.4 Å². The number of rotatable bonds is 1. The number of piperazine rings is 1. The van der Waals surface area contributed by atoms with Crippen molar-refractivity contribution in [2.45, 2.75) is 13.8 Å². The first-order valence-corrected chi connectivity index (χ1v) is 6.04. The highest BCUT2D eigenvalue weighted by molar-refractivity contribution is 5.94. The molecule has 1 aromatic rings. The average molecular weight is 250 g/mol. The first-order valence-electron chi connectivity index (χ1n) is 6.04. The monoisotopic (exact) mass is 250 g/mol. The average Bonchev–Trinajstić information content (AvgIpc) is 2.28. The van der Waals surface area contributed by atoms with Crippen molar-refractivity contribution in [1.82, 2.24) is 19.8 Å². The predicted molar refractivity (Wildman–Crippen MR) is 67.7 cm³/mol. The Balaban J connectivity index is 2.27. The molecule has 6 heteroatoms. The van der Waals surface area contributed by atoms with Gasteiger partial charge >= 0.3 is 0 Å². The smallest absolute Gasteiger partial charge is 0.264 e. The fraction of sp³-hybridized carbons (Fsp3) is 0.583. The number of aromatic nitrogens is 2. The number of H-pyrrole nitrogens is 1. The molecule has 1 aliphatic rings. The molecule has 1 aromatic heterocycles. The fourth-order valence-electron chi connectivity index (χ4n) is 2.15. The number of carbonyl (C=O) groups excluding carboxylic acids is 1. The Morgan fingerprint density at radius 1 is 1.22 bits per heavy atom. The van der Waals surface area contributed by atoms with Crippen LogP contribution in [0.5, 0.6) is 0 Å². The van der Waals surface area contributed by atoms with Crippen molar-refractivity contribution >= 4 is 5.91 Å². The van der Waals surface area contributed by atoms with E-state index in [0.29, 0.717) is 24.6 Å². The Kier molecular flexibility index (Phi) is 3.47. The normalized spacial score (nSPS) is 16.9. The van der Waals surface area contributed by atoms with Crippen LogP contribution in [-0.2, 0) is 0 Å². The molecule has 98 valence electrons. The third-order valence-corrected chi connectivity index (χ3v) is 3.22. The van der Waals surface area contributed by atoms with Gasteiger partial charge in [-0.2, -0.15) is 0 Å². The van der Waals surface area contributed by atoms with Gasteiger partial charge in [0.25, 0.3) is 11.5 Å². The third-order valence-electron chi connectivity index (χ3n) is 3.22. The largest absolute Gasteiger partial charge is 0.336 e. The summed E-state index contributed by atoms with van der Waals surface area (Å²) in [4.78, 5) is 34.8. The van der Waals surface area contributed by atoms with E-state index < -0.39 is 0 Å². The summed E-state index contributed by atoms with van der Waals surface area (Å²) in [5.41, 5.74) is 0.328. The summed E-state index contributed by atoms with van der Waals surface area (Å²) in [6.45, 7) is 6.39. The molecule has 1 aliphatic heterocycles. The summed E-state index contributed by atoms with van der Waals surface area (Å²) in [5.74, 6) is 0.321. The van der Waals surface area contributed by atoms with E-state index in [2.05, 4.69) is 14.9 Å². The van der Waals surface area contributed by atoms with Gasteiger partial charge in [0.2, 0.25) is 0 Å². The lowest BCUT2D eigenvalue weighted by Gasteiger charge is -2.32. The van der Waals surface area contributed by atoms with E-state index >= 15 is 0 Å². The lowest BCUT2D eigenvalue weighted by molar-refractivity contribution is 0.0661. The number of aromatic amines is 1. The number of hydrogen-bond donors (Lipinski definition) is 1. The van der Waals surface area contributed by atoms with Crippen LogP contribution in [0, 0.1) is 13.8 Å². The second-order valence-electron chi connectivity index (χ2n) is 4.71. The van der Waals surface area contributed by atoms with Gasteiger partial charge in [0.15, 0.2) is 0 Å². The molecule has 0 bridgehead atoms. The molecular weight excluding hydrogens is 232 g/mol. The van der Waals surface area contributed by atoms with Gasteiger partial charge in [0.05, 0.1) is 5.69 Å². The Morgan fingerprint density at radius 3 is 2.39 bits per heavy atom. The van der Waals surface area contributed by atoms with Gasteiger partial charge in [-0.3, -0.25) is 9.59 Å². The van der Waals surface area contributed by atoms with Gasteiger partial charge in [0.1, 0.15) is 11.4 Å². The number of hydrogen-bond acceptors (Lipinski definition) is 4. The van der Waals surface area contributed by atoms with Crippen molar-refractivity contribution in [2.24, 2.45) is 0 Å². The van der Waals surface area contributed by atoms with Gasteiger partial charge < -0.3 is 14.8 Å². The Morgan fingerprint density at radius 2 is 1.83 bits per heavy atom. The molecule has 2 heterocycles. The number of aryl methyl sites for hydroxylation is 2. The van der Waals surface area contributed by atoms with E-state index in [1.54, 1.807) is 18.7 Å². The van der Waals surface area contributed by atoms with Gasteiger partial charge in [-0.05, 0) is 20.9 Å². The highest BCUT2D eigenvalue weighted by Gasteiger charge is 2.24. The zero-order valence-corrected chi connectivity index (χ0v) is 11.0. The summed E-state index contributed by atoms with van der Waals surface area (Å²) in [7, 11) is 2.02. The molecule has 0 unspecified atom stereocenters. The number of carbonyl (C=O) groups is 1. The van der Waals surface area contributed by atoms with E-state index in [4.69, 9.17) is 0 Å². The van der Waals surface area contributed by atoms with Gasteiger partial charge in [0, 0.05) is 26.2 Å². The summed E-state index contributed by atoms with van der Waals surface area (Å²) < 4.78 is 0. The fourth-order valence-corrected chi connectivity index (χ4v) is 2.15. The van der Waals surface area contributed by atoms with Crippen LogP contribution in [0.25, 0.3) is 0 Å². The standard InChI is InChI=1S/C12H18N4O2/c1-8-10(11(17)14-9(2)13-8)12(18)16-6-4-15(3)5-7-16/h4-7H2,1-3H3,(H,13,14,17). The topological polar surface area (TPSA) is 69.3 Å². The van der Waals surface area contributed by atoms with Crippen LogP contribution in [-0.4, -0.2) is 58.9 Å². The van der Waals surface area contributed by atoms with Crippen molar-refractivity contribution in [3.63, 3.8) is 0 Å². The molecule has 1 fully saturated rings. The molecule has 0 aliphatic carbocycles. The summed E-state index contributed by atoms with van der Waals surface area (Å²) in [5, 5.41) is 0. The van der Waals surface area contributed by atoms with Gasteiger partial charge in [-0.1, -0.05) is 0 Å². The third kappa shape index (κ3) is 2.43. The van der Waals surface area contributed by atoms with E-state index in [-0.39, 0.29) is 17.0 Å². The predicted octanol–water partition coefficient (Wildman–Crippen LogP) is -0.226. The Bertz CT molecular complexity index is 515. The Labute approximate surface area is 106 Å². The maximum Gasteiger partial charge on any atom is 0.264 e. The molecule has 6 nitrogen and oxygen atoms in total. The van der Waals surface area contributed by atoms with E-state index in [1.807, 2.05) is 7.05 Å². The molecule has 1 amide bonds. The minimum atomic E-state index is -0.344. The number of amides is 1. The van der Waals surface area contributed by atoms with Crippen molar-refractivity contribution in [1.29, 1.82) is 0 Å². The summed E-state index contributed by atoms with van der Waals surface area (Å²) in [6.07, 6.45) is 0. The molecular formula is C12H18N4O2.